The summed E-state index contributed by atoms with van der Waals surface area (Å²) in [5, 5.41) is 7.43. The van der Waals surface area contributed by atoms with Crippen molar-refractivity contribution >= 4 is 17.5 Å². The van der Waals surface area contributed by atoms with E-state index in [4.69, 9.17) is 20.8 Å². The molecule has 0 saturated carbocycles. The molecule has 0 aliphatic heterocycles. The number of amides is 1. The van der Waals surface area contributed by atoms with Gasteiger partial charge in [-0.2, -0.15) is 0 Å². The number of rotatable bonds is 7. The molecule has 1 N–H and O–H groups in total. The number of ether oxygens (including phenoxy) is 1. The van der Waals surface area contributed by atoms with E-state index in [9.17, 15) is 4.79 Å². The van der Waals surface area contributed by atoms with E-state index in [-0.39, 0.29) is 11.8 Å². The minimum atomic E-state index is -0.715. The number of hydrogen-bond donors (Lipinski definition) is 1. The summed E-state index contributed by atoms with van der Waals surface area (Å²) in [7, 11) is 0. The molecule has 130 valence electrons. The largest absolute Gasteiger partial charge is 0.469 e. The minimum Gasteiger partial charge on any atom is -0.469 e. The Bertz CT molecular complexity index is 815. The van der Waals surface area contributed by atoms with E-state index in [2.05, 4.69) is 10.4 Å². The Balaban J connectivity index is 1.56. The van der Waals surface area contributed by atoms with E-state index >= 15 is 0 Å². The van der Waals surface area contributed by atoms with Gasteiger partial charge in [-0.25, -0.2) is 4.68 Å². The van der Waals surface area contributed by atoms with Gasteiger partial charge in [0.05, 0.1) is 18.1 Å². The van der Waals surface area contributed by atoms with Gasteiger partial charge in [-0.1, -0.05) is 29.8 Å². The molecule has 3 aromatic rings. The van der Waals surface area contributed by atoms with Crippen molar-refractivity contribution < 1.29 is 13.9 Å². The van der Waals surface area contributed by atoms with E-state index in [1.54, 1.807) is 24.1 Å². The van der Waals surface area contributed by atoms with Crippen LogP contribution in [0.25, 0.3) is 5.69 Å². The molecule has 0 radical (unpaired) electrons. The highest BCUT2D eigenvalue weighted by Gasteiger charge is 2.18. The molecule has 0 aliphatic carbocycles. The molecule has 1 aromatic carbocycles. The number of hydrogen-bond acceptors (Lipinski definition) is 4. The monoisotopic (exact) mass is 359 g/mol. The number of para-hydroxylation sites is 1. The van der Waals surface area contributed by atoms with Gasteiger partial charge in [-0.3, -0.25) is 4.79 Å². The molecular formula is C18H18ClN3O3. The summed E-state index contributed by atoms with van der Waals surface area (Å²) in [5.41, 5.74) is 0.856. The summed E-state index contributed by atoms with van der Waals surface area (Å²) in [5.74, 6) is 0.801. The first kappa shape index (κ1) is 17.1. The molecule has 0 aliphatic rings. The van der Waals surface area contributed by atoms with Crippen molar-refractivity contribution in [3.8, 4) is 11.6 Å². The zero-order valence-electron chi connectivity index (χ0n) is 13.7. The topological polar surface area (TPSA) is 69.3 Å². The molecule has 1 atom stereocenters. The van der Waals surface area contributed by atoms with Crippen LogP contribution in [0, 0.1) is 0 Å². The number of halogens is 1. The molecule has 25 heavy (non-hydrogen) atoms. The first-order chi connectivity index (χ1) is 12.1. The number of carbonyl (C=O) groups excluding carboxylic acids is 1. The first-order valence-corrected chi connectivity index (χ1v) is 8.28. The molecule has 0 fully saturated rings. The van der Waals surface area contributed by atoms with Gasteiger partial charge in [0, 0.05) is 13.0 Å². The highest BCUT2D eigenvalue weighted by Crippen LogP contribution is 2.24. The summed E-state index contributed by atoms with van der Waals surface area (Å²) in [4.78, 5) is 12.1. The van der Waals surface area contributed by atoms with Crippen LogP contribution in [0.3, 0.4) is 0 Å². The van der Waals surface area contributed by atoms with Crippen LogP contribution >= 0.6 is 11.6 Å². The second-order valence-electron chi connectivity index (χ2n) is 5.44. The third kappa shape index (κ3) is 4.42. The van der Waals surface area contributed by atoms with Crippen molar-refractivity contribution in [3.05, 3.63) is 65.7 Å². The molecule has 1 unspecified atom stereocenters. The molecular weight excluding hydrogens is 342 g/mol. The summed E-state index contributed by atoms with van der Waals surface area (Å²) in [6.45, 7) is 2.12. The molecule has 0 spiro atoms. The quantitative estimate of drug-likeness (QED) is 0.703. The maximum absolute atomic E-state index is 12.1. The lowest BCUT2D eigenvalue weighted by Crippen LogP contribution is -2.37. The van der Waals surface area contributed by atoms with Gasteiger partial charge >= 0.3 is 0 Å². The molecule has 6 nitrogen and oxygen atoms in total. The Kier molecular flexibility index (Phi) is 5.40. The fourth-order valence-electron chi connectivity index (χ4n) is 2.26. The van der Waals surface area contributed by atoms with E-state index in [1.165, 1.54) is 0 Å². The predicted molar refractivity (Wildman–Crippen MR) is 94.1 cm³/mol. The van der Waals surface area contributed by atoms with E-state index in [0.29, 0.717) is 18.0 Å². The second kappa shape index (κ2) is 7.90. The number of benzene rings is 1. The molecule has 0 saturated heterocycles. The first-order valence-electron chi connectivity index (χ1n) is 7.91. The van der Waals surface area contributed by atoms with Crippen LogP contribution in [-0.4, -0.2) is 28.3 Å². The Morgan fingerprint density at radius 1 is 1.32 bits per heavy atom. The summed E-state index contributed by atoms with van der Waals surface area (Å²) in [6.07, 6.45) is 3.16. The average molecular weight is 360 g/mol. The van der Waals surface area contributed by atoms with Crippen LogP contribution in [0.2, 0.25) is 5.02 Å². The van der Waals surface area contributed by atoms with Crippen LogP contribution in [0.1, 0.15) is 12.7 Å². The van der Waals surface area contributed by atoms with Crippen molar-refractivity contribution in [1.82, 2.24) is 15.1 Å². The van der Waals surface area contributed by atoms with Crippen molar-refractivity contribution in [1.29, 1.82) is 0 Å². The highest BCUT2D eigenvalue weighted by molar-refractivity contribution is 6.31. The van der Waals surface area contributed by atoms with Gasteiger partial charge in [0.25, 0.3) is 11.8 Å². The molecule has 0 bridgehead atoms. The number of nitrogens with one attached hydrogen (secondary N) is 1. The zero-order chi connectivity index (χ0) is 17.6. The Morgan fingerprint density at radius 2 is 2.12 bits per heavy atom. The minimum absolute atomic E-state index is 0.221. The van der Waals surface area contributed by atoms with Crippen LogP contribution in [0.5, 0.6) is 5.88 Å². The fourth-order valence-corrected chi connectivity index (χ4v) is 2.43. The average Bonchev–Trinajstić information content (AvgIpc) is 3.26. The fraction of sp³-hybridized carbons (Fsp3) is 0.222. The maximum atomic E-state index is 12.1. The SMILES string of the molecule is CC(Oc1nn(-c2ccccc2)cc1Cl)C(=O)NCCc1ccco1. The lowest BCUT2D eigenvalue weighted by atomic mass is 10.3. The van der Waals surface area contributed by atoms with Crippen LogP contribution in [0.4, 0.5) is 0 Å². The number of carbonyl (C=O) groups is 1. The van der Waals surface area contributed by atoms with Gasteiger partial charge in [-0.05, 0) is 31.2 Å². The number of nitrogens with zero attached hydrogens (tertiary/aromatic N) is 2. The van der Waals surface area contributed by atoms with Crippen molar-refractivity contribution in [2.75, 3.05) is 6.54 Å². The lowest BCUT2D eigenvalue weighted by molar-refractivity contribution is -0.127. The van der Waals surface area contributed by atoms with Crippen LogP contribution in [-0.2, 0) is 11.2 Å². The van der Waals surface area contributed by atoms with Crippen molar-refractivity contribution in [2.24, 2.45) is 0 Å². The van der Waals surface area contributed by atoms with Gasteiger partial charge in [0.15, 0.2) is 6.10 Å². The number of aromatic nitrogens is 2. The predicted octanol–water partition coefficient (Wildman–Crippen LogP) is 3.24. The van der Waals surface area contributed by atoms with Gasteiger partial charge in [0.1, 0.15) is 10.8 Å². The van der Waals surface area contributed by atoms with Crippen molar-refractivity contribution in [2.45, 2.75) is 19.4 Å². The Labute approximate surface area is 150 Å². The molecule has 2 heterocycles. The van der Waals surface area contributed by atoms with Crippen LogP contribution < -0.4 is 10.1 Å². The molecule has 3 rings (SSSR count). The highest BCUT2D eigenvalue weighted by atomic mass is 35.5. The van der Waals surface area contributed by atoms with Gasteiger partial charge in [0.2, 0.25) is 0 Å². The van der Waals surface area contributed by atoms with Gasteiger partial charge in [-0.15, -0.1) is 5.10 Å². The summed E-state index contributed by atoms with van der Waals surface area (Å²) >= 11 is 6.16. The molecule has 1 amide bonds. The second-order valence-corrected chi connectivity index (χ2v) is 5.85. The van der Waals surface area contributed by atoms with Gasteiger partial charge < -0.3 is 14.5 Å². The molecule has 2 aromatic heterocycles. The normalized spacial score (nSPS) is 11.9. The smallest absolute Gasteiger partial charge is 0.260 e. The van der Waals surface area contributed by atoms with Crippen molar-refractivity contribution in [3.63, 3.8) is 0 Å². The van der Waals surface area contributed by atoms with E-state index in [1.807, 2.05) is 42.5 Å². The van der Waals surface area contributed by atoms with E-state index in [0.717, 1.165) is 11.4 Å². The Morgan fingerprint density at radius 3 is 2.84 bits per heavy atom. The standard InChI is InChI=1S/C18H18ClN3O3/c1-13(17(23)20-10-9-15-8-5-11-24-15)25-18-16(19)12-22(21-18)14-6-3-2-4-7-14/h2-8,11-13H,9-10H2,1H3,(H,20,23). The molecule has 7 heteroatoms. The zero-order valence-corrected chi connectivity index (χ0v) is 14.4. The lowest BCUT2D eigenvalue weighted by Gasteiger charge is -2.12. The maximum Gasteiger partial charge on any atom is 0.260 e. The number of furan rings is 1. The Hall–Kier alpha value is -2.73. The summed E-state index contributed by atoms with van der Waals surface area (Å²) < 4.78 is 12.4. The van der Waals surface area contributed by atoms with E-state index < -0.39 is 6.10 Å². The third-order valence-electron chi connectivity index (χ3n) is 3.57. The third-order valence-corrected chi connectivity index (χ3v) is 3.83. The summed E-state index contributed by atoms with van der Waals surface area (Å²) in [6, 6.07) is 13.2. The van der Waals surface area contributed by atoms with Crippen LogP contribution in [0.15, 0.2) is 59.3 Å².